The molecule has 0 bridgehead atoms. The van der Waals surface area contributed by atoms with Crippen LogP contribution >= 0.6 is 11.6 Å². The van der Waals surface area contributed by atoms with Gasteiger partial charge >= 0.3 is 6.09 Å². The first-order valence-electron chi connectivity index (χ1n) is 6.70. The Labute approximate surface area is 138 Å². The lowest BCUT2D eigenvalue weighted by Crippen LogP contribution is -2.20. The topological polar surface area (TPSA) is 76.7 Å². The third-order valence-electron chi connectivity index (χ3n) is 2.76. The second-order valence-corrected chi connectivity index (χ2v) is 4.92. The van der Waals surface area contributed by atoms with Gasteiger partial charge in [0, 0.05) is 16.4 Å². The van der Waals surface area contributed by atoms with Gasteiger partial charge in [0.25, 0.3) is 5.91 Å². The van der Waals surface area contributed by atoms with Crippen LogP contribution in [0.25, 0.3) is 0 Å². The molecule has 0 spiro atoms. The van der Waals surface area contributed by atoms with Gasteiger partial charge in [-0.15, -0.1) is 0 Å². The van der Waals surface area contributed by atoms with Gasteiger partial charge in [-0.25, -0.2) is 4.79 Å². The standard InChI is InChI=1S/C16H15ClN2O4/c1-22-16(21)19-12-5-7-14(8-6-12)23-10-15(20)18-13-4-2-3-11(17)9-13/h2-9H,10H2,1H3,(H,18,20)(H,19,21). The number of benzene rings is 2. The van der Waals surface area contributed by atoms with Gasteiger partial charge in [0.1, 0.15) is 5.75 Å². The highest BCUT2D eigenvalue weighted by Crippen LogP contribution is 2.17. The van der Waals surface area contributed by atoms with Crippen molar-refractivity contribution < 1.29 is 19.1 Å². The fourth-order valence-electron chi connectivity index (χ4n) is 1.72. The molecule has 0 aromatic heterocycles. The maximum atomic E-state index is 11.8. The van der Waals surface area contributed by atoms with Gasteiger partial charge in [-0.3, -0.25) is 10.1 Å². The zero-order chi connectivity index (χ0) is 16.7. The summed E-state index contributed by atoms with van der Waals surface area (Å²) >= 11 is 5.84. The average Bonchev–Trinajstić information content (AvgIpc) is 2.54. The van der Waals surface area contributed by atoms with Gasteiger partial charge in [0.2, 0.25) is 0 Å². The lowest BCUT2D eigenvalue weighted by Gasteiger charge is -2.09. The first-order valence-corrected chi connectivity index (χ1v) is 7.08. The molecule has 2 aromatic rings. The van der Waals surface area contributed by atoms with Crippen LogP contribution in [0.5, 0.6) is 5.75 Å². The van der Waals surface area contributed by atoms with Gasteiger partial charge in [0.15, 0.2) is 6.61 Å². The van der Waals surface area contributed by atoms with E-state index in [0.717, 1.165) is 0 Å². The molecule has 0 saturated carbocycles. The number of rotatable bonds is 5. The Bertz CT molecular complexity index is 689. The zero-order valence-electron chi connectivity index (χ0n) is 12.3. The Kier molecular flexibility index (Phi) is 5.82. The van der Waals surface area contributed by atoms with Crippen molar-refractivity contribution in [3.63, 3.8) is 0 Å². The molecular weight excluding hydrogens is 320 g/mol. The van der Waals surface area contributed by atoms with Gasteiger partial charge in [-0.2, -0.15) is 0 Å². The summed E-state index contributed by atoms with van der Waals surface area (Å²) in [6.07, 6.45) is -0.556. The van der Waals surface area contributed by atoms with Crippen LogP contribution in [0.1, 0.15) is 0 Å². The Morgan fingerprint density at radius 1 is 1.04 bits per heavy atom. The molecule has 0 aliphatic rings. The van der Waals surface area contributed by atoms with Crippen LogP contribution < -0.4 is 15.4 Å². The summed E-state index contributed by atoms with van der Waals surface area (Å²) in [5.41, 5.74) is 1.16. The van der Waals surface area contributed by atoms with Crippen molar-refractivity contribution in [1.82, 2.24) is 0 Å². The van der Waals surface area contributed by atoms with Crippen molar-refractivity contribution in [3.8, 4) is 5.75 Å². The zero-order valence-corrected chi connectivity index (χ0v) is 13.1. The molecule has 0 fully saturated rings. The molecule has 23 heavy (non-hydrogen) atoms. The van der Waals surface area contributed by atoms with Crippen molar-refractivity contribution in [1.29, 1.82) is 0 Å². The number of hydrogen-bond donors (Lipinski definition) is 2. The van der Waals surface area contributed by atoms with Crippen LogP contribution in [0.15, 0.2) is 48.5 Å². The highest BCUT2D eigenvalue weighted by molar-refractivity contribution is 6.30. The van der Waals surface area contributed by atoms with E-state index in [0.29, 0.717) is 22.1 Å². The summed E-state index contributed by atoms with van der Waals surface area (Å²) < 4.78 is 9.85. The molecule has 0 unspecified atom stereocenters. The van der Waals surface area contributed by atoms with E-state index in [1.54, 1.807) is 48.5 Å². The SMILES string of the molecule is COC(=O)Nc1ccc(OCC(=O)Nc2cccc(Cl)c2)cc1. The molecule has 120 valence electrons. The molecule has 0 saturated heterocycles. The van der Waals surface area contributed by atoms with Crippen molar-refractivity contribution in [2.75, 3.05) is 24.4 Å². The lowest BCUT2D eigenvalue weighted by molar-refractivity contribution is -0.118. The first-order chi connectivity index (χ1) is 11.1. The highest BCUT2D eigenvalue weighted by atomic mass is 35.5. The van der Waals surface area contributed by atoms with Crippen molar-refractivity contribution in [3.05, 3.63) is 53.6 Å². The fraction of sp³-hybridized carbons (Fsp3) is 0.125. The van der Waals surface area contributed by atoms with Crippen molar-refractivity contribution in [2.24, 2.45) is 0 Å². The van der Waals surface area contributed by atoms with E-state index in [1.165, 1.54) is 7.11 Å². The summed E-state index contributed by atoms with van der Waals surface area (Å²) in [5.74, 6) is 0.200. The molecule has 2 rings (SSSR count). The summed E-state index contributed by atoms with van der Waals surface area (Å²) in [6, 6.07) is 13.4. The van der Waals surface area contributed by atoms with E-state index in [2.05, 4.69) is 15.4 Å². The minimum Gasteiger partial charge on any atom is -0.484 e. The third-order valence-corrected chi connectivity index (χ3v) is 3.00. The van der Waals surface area contributed by atoms with Gasteiger partial charge in [-0.1, -0.05) is 17.7 Å². The quantitative estimate of drug-likeness (QED) is 0.876. The number of carbonyl (C=O) groups is 2. The molecule has 7 heteroatoms. The Balaban J connectivity index is 1.83. The Morgan fingerprint density at radius 3 is 2.43 bits per heavy atom. The molecule has 2 amide bonds. The predicted octanol–water partition coefficient (Wildman–Crippen LogP) is 3.54. The van der Waals surface area contributed by atoms with Crippen LogP contribution in [0.4, 0.5) is 16.2 Å². The maximum Gasteiger partial charge on any atom is 0.411 e. The van der Waals surface area contributed by atoms with Crippen LogP contribution in [-0.4, -0.2) is 25.7 Å². The summed E-state index contributed by atoms with van der Waals surface area (Å²) in [4.78, 5) is 22.8. The maximum absolute atomic E-state index is 11.8. The predicted molar refractivity (Wildman–Crippen MR) is 88.0 cm³/mol. The number of methoxy groups -OCH3 is 1. The fourth-order valence-corrected chi connectivity index (χ4v) is 1.91. The van der Waals surface area contributed by atoms with Crippen LogP contribution in [-0.2, 0) is 9.53 Å². The Hall–Kier alpha value is -2.73. The number of ether oxygens (including phenoxy) is 2. The van der Waals surface area contributed by atoms with E-state index in [1.807, 2.05) is 0 Å². The molecule has 2 aromatic carbocycles. The van der Waals surface area contributed by atoms with Gasteiger partial charge in [-0.05, 0) is 42.5 Å². The smallest absolute Gasteiger partial charge is 0.411 e. The largest absolute Gasteiger partial charge is 0.484 e. The molecule has 0 radical (unpaired) electrons. The number of amides is 2. The number of nitrogens with one attached hydrogen (secondary N) is 2. The van der Waals surface area contributed by atoms with E-state index in [-0.39, 0.29) is 12.5 Å². The summed E-state index contributed by atoms with van der Waals surface area (Å²) in [7, 11) is 1.28. The van der Waals surface area contributed by atoms with Crippen LogP contribution in [0.2, 0.25) is 5.02 Å². The highest BCUT2D eigenvalue weighted by Gasteiger charge is 2.05. The second-order valence-electron chi connectivity index (χ2n) is 4.49. The number of carbonyl (C=O) groups excluding carboxylic acids is 2. The molecule has 0 atom stereocenters. The molecular formula is C16H15ClN2O4. The van der Waals surface area contributed by atoms with E-state index in [9.17, 15) is 9.59 Å². The van der Waals surface area contributed by atoms with Crippen molar-refractivity contribution in [2.45, 2.75) is 0 Å². The monoisotopic (exact) mass is 334 g/mol. The third kappa shape index (κ3) is 5.52. The van der Waals surface area contributed by atoms with E-state index < -0.39 is 6.09 Å². The summed E-state index contributed by atoms with van der Waals surface area (Å²) in [5, 5.41) is 5.73. The number of anilines is 2. The lowest BCUT2D eigenvalue weighted by atomic mass is 10.3. The van der Waals surface area contributed by atoms with Crippen molar-refractivity contribution >= 4 is 35.0 Å². The number of hydrogen-bond acceptors (Lipinski definition) is 4. The first kappa shape index (κ1) is 16.6. The molecule has 0 heterocycles. The summed E-state index contributed by atoms with van der Waals surface area (Å²) in [6.45, 7) is -0.143. The van der Waals surface area contributed by atoms with Crippen LogP contribution in [0.3, 0.4) is 0 Å². The molecule has 2 N–H and O–H groups in total. The minimum atomic E-state index is -0.556. The van der Waals surface area contributed by atoms with Gasteiger partial charge < -0.3 is 14.8 Å². The van der Waals surface area contributed by atoms with Crippen LogP contribution in [0, 0.1) is 0 Å². The second kappa shape index (κ2) is 8.05. The Morgan fingerprint density at radius 2 is 1.78 bits per heavy atom. The normalized spacial score (nSPS) is 9.83. The molecule has 0 aliphatic carbocycles. The molecule has 0 aliphatic heterocycles. The average molecular weight is 335 g/mol. The number of halogens is 1. The minimum absolute atomic E-state index is 0.143. The van der Waals surface area contributed by atoms with Gasteiger partial charge in [0.05, 0.1) is 7.11 Å². The molecule has 6 nitrogen and oxygen atoms in total. The van der Waals surface area contributed by atoms with E-state index >= 15 is 0 Å². The van der Waals surface area contributed by atoms with E-state index in [4.69, 9.17) is 16.3 Å².